The number of benzene rings is 1. The van der Waals surface area contributed by atoms with Crippen LogP contribution in [0.3, 0.4) is 0 Å². The second-order valence-electron chi connectivity index (χ2n) is 6.31. The summed E-state index contributed by atoms with van der Waals surface area (Å²) in [5, 5.41) is 1.66. The third-order valence-corrected chi connectivity index (χ3v) is 6.44. The van der Waals surface area contributed by atoms with Gasteiger partial charge in [0.15, 0.2) is 0 Å². The molecule has 0 spiro atoms. The van der Waals surface area contributed by atoms with E-state index in [4.69, 9.17) is 0 Å². The van der Waals surface area contributed by atoms with Crippen molar-refractivity contribution in [2.24, 2.45) is 0 Å². The van der Waals surface area contributed by atoms with Gasteiger partial charge in [0.25, 0.3) is 0 Å². The fourth-order valence-corrected chi connectivity index (χ4v) is 5.09. The van der Waals surface area contributed by atoms with Crippen molar-refractivity contribution >= 4 is 13.9 Å². The smallest absolute Gasteiger partial charge is 0.0196 e. The van der Waals surface area contributed by atoms with Crippen LogP contribution in [-0.4, -0.2) is 5.66 Å². The Hall–Kier alpha value is -0.350. The summed E-state index contributed by atoms with van der Waals surface area (Å²) in [7, 11) is 1.04. The summed E-state index contributed by atoms with van der Waals surface area (Å²) in [6.45, 7) is 6.82. The van der Waals surface area contributed by atoms with E-state index in [0.717, 1.165) is 14.2 Å². The predicted octanol–water partition coefficient (Wildman–Crippen LogP) is 5.42. The normalized spacial score (nSPS) is 19.3. The maximum Gasteiger partial charge on any atom is -0.0196 e. The van der Waals surface area contributed by atoms with Crippen LogP contribution in [0, 0.1) is 20.8 Å². The predicted molar refractivity (Wildman–Crippen MR) is 89.3 cm³/mol. The van der Waals surface area contributed by atoms with Crippen LogP contribution in [0.2, 0.25) is 0 Å². The molecule has 0 aromatic heterocycles. The monoisotopic (exact) mass is 276 g/mol. The maximum absolute atomic E-state index is 2.37. The number of aryl methyl sites for hydroxylation is 3. The third kappa shape index (κ3) is 4.60. The molecule has 0 radical (unpaired) electrons. The zero-order valence-corrected chi connectivity index (χ0v) is 13.9. The van der Waals surface area contributed by atoms with Gasteiger partial charge in [-0.3, -0.25) is 0 Å². The summed E-state index contributed by atoms with van der Waals surface area (Å²) in [6, 6.07) is 4.73. The Kier molecular flexibility index (Phi) is 5.89. The first-order valence-electron chi connectivity index (χ1n) is 8.01. The van der Waals surface area contributed by atoms with Crippen LogP contribution in [0.15, 0.2) is 12.1 Å². The maximum atomic E-state index is 2.37. The van der Waals surface area contributed by atoms with Crippen LogP contribution < -0.4 is 5.30 Å². The highest BCUT2D eigenvalue weighted by atomic mass is 31.1. The molecule has 1 atom stereocenters. The van der Waals surface area contributed by atoms with E-state index in [1.807, 2.05) is 0 Å². The van der Waals surface area contributed by atoms with Gasteiger partial charge in [-0.2, -0.15) is 0 Å². The van der Waals surface area contributed by atoms with Gasteiger partial charge in [-0.15, -0.1) is 0 Å². The molecule has 1 fully saturated rings. The molecule has 0 amide bonds. The molecule has 1 saturated carbocycles. The summed E-state index contributed by atoms with van der Waals surface area (Å²) in [5.74, 6) is 0. The molecule has 0 N–H and O–H groups in total. The molecule has 0 bridgehead atoms. The fraction of sp³-hybridized carbons (Fsp3) is 0.667. The van der Waals surface area contributed by atoms with Crippen LogP contribution in [0.1, 0.15) is 68.1 Å². The van der Waals surface area contributed by atoms with Crippen molar-refractivity contribution in [3.8, 4) is 0 Å². The molecule has 0 saturated heterocycles. The SMILES string of the molecule is Cc1cc(C)c(PC2CCCCCCCC2)c(C)c1. The molecule has 1 aliphatic rings. The zero-order chi connectivity index (χ0) is 13.7. The topological polar surface area (TPSA) is 0 Å². The van der Waals surface area contributed by atoms with E-state index < -0.39 is 0 Å². The van der Waals surface area contributed by atoms with E-state index in [1.54, 1.807) is 5.30 Å². The Morgan fingerprint density at radius 2 is 1.26 bits per heavy atom. The molecular weight excluding hydrogens is 247 g/mol. The van der Waals surface area contributed by atoms with E-state index >= 15 is 0 Å². The first kappa shape index (κ1) is 15.0. The lowest BCUT2D eigenvalue weighted by Gasteiger charge is -2.19. The minimum absolute atomic E-state index is 0.957. The van der Waals surface area contributed by atoms with Crippen molar-refractivity contribution in [3.05, 3.63) is 28.8 Å². The minimum atomic E-state index is 0.957. The summed E-state index contributed by atoms with van der Waals surface area (Å²) in [4.78, 5) is 0. The van der Waals surface area contributed by atoms with E-state index in [0.29, 0.717) is 0 Å². The Bertz CT molecular complexity index is 375. The molecule has 19 heavy (non-hydrogen) atoms. The molecule has 2 rings (SSSR count). The number of hydrogen-bond donors (Lipinski definition) is 0. The highest BCUT2D eigenvalue weighted by Gasteiger charge is 2.14. The molecule has 106 valence electrons. The summed E-state index contributed by atoms with van der Waals surface area (Å²) >= 11 is 0. The van der Waals surface area contributed by atoms with Crippen LogP contribution in [0.25, 0.3) is 0 Å². The Morgan fingerprint density at radius 1 is 0.789 bits per heavy atom. The molecule has 0 heterocycles. The Balaban J connectivity index is 2.06. The lowest BCUT2D eigenvalue weighted by Crippen LogP contribution is -2.12. The van der Waals surface area contributed by atoms with Crippen LogP contribution in [0.5, 0.6) is 0 Å². The molecular formula is C18H29P. The minimum Gasteiger partial charge on any atom is -0.0866 e. The molecule has 1 unspecified atom stereocenters. The molecule has 0 nitrogen and oxygen atoms in total. The second kappa shape index (κ2) is 7.44. The van der Waals surface area contributed by atoms with Gasteiger partial charge in [0, 0.05) is 0 Å². The van der Waals surface area contributed by atoms with E-state index in [9.17, 15) is 0 Å². The van der Waals surface area contributed by atoms with Gasteiger partial charge in [-0.1, -0.05) is 64.8 Å². The fourth-order valence-electron chi connectivity index (χ4n) is 3.39. The van der Waals surface area contributed by atoms with E-state index in [2.05, 4.69) is 32.9 Å². The Labute approximate surface area is 121 Å². The summed E-state index contributed by atoms with van der Waals surface area (Å²) < 4.78 is 0. The number of rotatable bonds is 2. The third-order valence-electron chi connectivity index (χ3n) is 4.38. The number of hydrogen-bond acceptors (Lipinski definition) is 0. The van der Waals surface area contributed by atoms with Crippen LogP contribution >= 0.6 is 8.58 Å². The van der Waals surface area contributed by atoms with Crippen molar-refractivity contribution in [1.29, 1.82) is 0 Å². The molecule has 1 aliphatic carbocycles. The van der Waals surface area contributed by atoms with Crippen molar-refractivity contribution in [2.75, 3.05) is 0 Å². The quantitative estimate of drug-likeness (QED) is 0.633. The van der Waals surface area contributed by atoms with Gasteiger partial charge >= 0.3 is 0 Å². The first-order valence-corrected chi connectivity index (χ1v) is 9.09. The summed E-state index contributed by atoms with van der Waals surface area (Å²) in [6.07, 6.45) is 11.7. The zero-order valence-electron chi connectivity index (χ0n) is 12.9. The van der Waals surface area contributed by atoms with Crippen LogP contribution in [0.4, 0.5) is 0 Å². The molecule has 0 aliphatic heterocycles. The largest absolute Gasteiger partial charge is 0.0866 e. The highest BCUT2D eigenvalue weighted by molar-refractivity contribution is 7.48. The van der Waals surface area contributed by atoms with Gasteiger partial charge in [-0.05, 0) is 55.7 Å². The average molecular weight is 276 g/mol. The lowest BCUT2D eigenvalue weighted by molar-refractivity contribution is 0.624. The molecule has 1 aromatic rings. The molecule has 1 heteroatoms. The average Bonchev–Trinajstić information content (AvgIpc) is 2.47. The van der Waals surface area contributed by atoms with Crippen molar-refractivity contribution in [1.82, 2.24) is 0 Å². The van der Waals surface area contributed by atoms with Crippen molar-refractivity contribution in [3.63, 3.8) is 0 Å². The molecule has 1 aromatic carbocycles. The second-order valence-corrected chi connectivity index (χ2v) is 7.92. The standard InChI is InChI=1S/C18H29P/c1-14-12-15(2)18(16(3)13-14)19-17-10-8-6-4-5-7-9-11-17/h12-13,17,19H,4-11H2,1-3H3. The first-order chi connectivity index (χ1) is 9.16. The van der Waals surface area contributed by atoms with Crippen molar-refractivity contribution in [2.45, 2.75) is 77.8 Å². The highest BCUT2D eigenvalue weighted by Crippen LogP contribution is 2.32. The van der Waals surface area contributed by atoms with Gasteiger partial charge in [0.2, 0.25) is 0 Å². The van der Waals surface area contributed by atoms with Gasteiger partial charge in [-0.25, -0.2) is 0 Å². The van der Waals surface area contributed by atoms with E-state index in [1.165, 1.54) is 68.1 Å². The summed E-state index contributed by atoms with van der Waals surface area (Å²) in [5.41, 5.74) is 5.42. The lowest BCUT2D eigenvalue weighted by atomic mass is 10.1. The van der Waals surface area contributed by atoms with Crippen molar-refractivity contribution < 1.29 is 0 Å². The van der Waals surface area contributed by atoms with E-state index in [-0.39, 0.29) is 0 Å². The van der Waals surface area contributed by atoms with Gasteiger partial charge in [0.1, 0.15) is 0 Å². The van der Waals surface area contributed by atoms with Gasteiger partial charge in [0.05, 0.1) is 0 Å². The van der Waals surface area contributed by atoms with Gasteiger partial charge < -0.3 is 0 Å². The Morgan fingerprint density at radius 3 is 1.79 bits per heavy atom. The van der Waals surface area contributed by atoms with Crippen LogP contribution in [-0.2, 0) is 0 Å².